The van der Waals surface area contributed by atoms with Crippen molar-refractivity contribution >= 4 is 56.4 Å². The van der Waals surface area contributed by atoms with Crippen molar-refractivity contribution < 1.29 is 4.79 Å². The van der Waals surface area contributed by atoms with Crippen LogP contribution in [0.2, 0.25) is 10.0 Å². The predicted octanol–water partition coefficient (Wildman–Crippen LogP) is 4.59. The Morgan fingerprint density at radius 2 is 1.74 bits per heavy atom. The van der Waals surface area contributed by atoms with Gasteiger partial charge in [0, 0.05) is 25.8 Å². The van der Waals surface area contributed by atoms with Gasteiger partial charge >= 0.3 is 0 Å². The second kappa shape index (κ2) is 5.82. The highest BCUT2D eigenvalue weighted by molar-refractivity contribution is 9.10. The number of nitrogens with two attached hydrogens (primary N) is 1. The van der Waals surface area contributed by atoms with E-state index in [1.807, 2.05) is 0 Å². The molecule has 6 heteroatoms. The van der Waals surface area contributed by atoms with Gasteiger partial charge in [-0.1, -0.05) is 23.2 Å². The van der Waals surface area contributed by atoms with Crippen molar-refractivity contribution in [2.24, 2.45) is 0 Å². The Morgan fingerprint density at radius 1 is 1.11 bits per heavy atom. The zero-order chi connectivity index (χ0) is 14.0. The van der Waals surface area contributed by atoms with E-state index in [0.29, 0.717) is 31.5 Å². The molecule has 0 aromatic heterocycles. The molecule has 1 amide bonds. The van der Waals surface area contributed by atoms with Crippen molar-refractivity contribution in [2.75, 3.05) is 11.1 Å². The first-order chi connectivity index (χ1) is 8.95. The summed E-state index contributed by atoms with van der Waals surface area (Å²) in [5.41, 5.74) is 7.25. The van der Waals surface area contributed by atoms with Gasteiger partial charge in [0.15, 0.2) is 0 Å². The maximum absolute atomic E-state index is 12.1. The van der Waals surface area contributed by atoms with E-state index < -0.39 is 0 Å². The smallest absolute Gasteiger partial charge is 0.255 e. The number of nitrogens with one attached hydrogen (secondary N) is 1. The first kappa shape index (κ1) is 14.2. The molecule has 0 saturated heterocycles. The van der Waals surface area contributed by atoms with E-state index in [4.69, 9.17) is 28.9 Å². The Labute approximate surface area is 128 Å². The summed E-state index contributed by atoms with van der Waals surface area (Å²) in [5, 5.41) is 3.57. The molecule has 0 fully saturated rings. The first-order valence-electron chi connectivity index (χ1n) is 5.28. The van der Waals surface area contributed by atoms with E-state index >= 15 is 0 Å². The summed E-state index contributed by atoms with van der Waals surface area (Å²) in [6, 6.07) is 9.79. The SMILES string of the molecule is Nc1ccc(NC(=O)c2cc(Cl)cc(Cl)c2)c(Br)c1. The maximum Gasteiger partial charge on any atom is 0.255 e. The largest absolute Gasteiger partial charge is 0.399 e. The van der Waals surface area contributed by atoms with Crippen molar-refractivity contribution in [3.63, 3.8) is 0 Å². The second-order valence-corrected chi connectivity index (χ2v) is 5.58. The number of benzene rings is 2. The van der Waals surface area contributed by atoms with Crippen LogP contribution in [0.5, 0.6) is 0 Å². The molecule has 0 saturated carbocycles. The summed E-state index contributed by atoms with van der Waals surface area (Å²) >= 11 is 15.0. The topological polar surface area (TPSA) is 55.1 Å². The third kappa shape index (κ3) is 3.62. The second-order valence-electron chi connectivity index (χ2n) is 3.85. The van der Waals surface area contributed by atoms with Gasteiger partial charge in [0.25, 0.3) is 5.91 Å². The molecule has 0 spiro atoms. The number of carbonyl (C=O) groups is 1. The van der Waals surface area contributed by atoms with Crippen LogP contribution in [0.1, 0.15) is 10.4 Å². The molecule has 3 N–H and O–H groups in total. The van der Waals surface area contributed by atoms with Crippen LogP contribution in [0.3, 0.4) is 0 Å². The number of carbonyl (C=O) groups excluding carboxylic acids is 1. The minimum absolute atomic E-state index is 0.296. The average molecular weight is 360 g/mol. The van der Waals surface area contributed by atoms with Gasteiger partial charge < -0.3 is 11.1 Å². The van der Waals surface area contributed by atoms with Crippen LogP contribution in [-0.2, 0) is 0 Å². The Bertz CT molecular complexity index is 626. The monoisotopic (exact) mass is 358 g/mol. The Morgan fingerprint density at radius 3 is 2.32 bits per heavy atom. The van der Waals surface area contributed by atoms with Crippen molar-refractivity contribution in [1.29, 1.82) is 0 Å². The summed E-state index contributed by atoms with van der Waals surface area (Å²) in [7, 11) is 0. The van der Waals surface area contributed by atoms with Crippen LogP contribution in [0.15, 0.2) is 40.9 Å². The molecule has 2 aromatic rings. The molecule has 0 atom stereocenters. The summed E-state index contributed by atoms with van der Waals surface area (Å²) in [6.07, 6.45) is 0. The number of amides is 1. The van der Waals surface area contributed by atoms with Crippen molar-refractivity contribution in [3.05, 3.63) is 56.5 Å². The molecule has 2 rings (SSSR count). The number of halogens is 3. The number of hydrogen-bond donors (Lipinski definition) is 2. The lowest BCUT2D eigenvalue weighted by molar-refractivity contribution is 0.102. The van der Waals surface area contributed by atoms with E-state index in [1.54, 1.807) is 36.4 Å². The van der Waals surface area contributed by atoms with Gasteiger partial charge in [-0.2, -0.15) is 0 Å². The highest BCUT2D eigenvalue weighted by Gasteiger charge is 2.10. The van der Waals surface area contributed by atoms with Crippen LogP contribution < -0.4 is 11.1 Å². The van der Waals surface area contributed by atoms with Crippen molar-refractivity contribution in [3.8, 4) is 0 Å². The molecule has 3 nitrogen and oxygen atoms in total. The van der Waals surface area contributed by atoms with E-state index in [9.17, 15) is 4.79 Å². The molecule has 98 valence electrons. The molecule has 0 aliphatic rings. The lowest BCUT2D eigenvalue weighted by atomic mass is 10.2. The highest BCUT2D eigenvalue weighted by atomic mass is 79.9. The highest BCUT2D eigenvalue weighted by Crippen LogP contribution is 2.26. The van der Waals surface area contributed by atoms with Crippen LogP contribution in [0.25, 0.3) is 0 Å². The van der Waals surface area contributed by atoms with Gasteiger partial charge in [0.1, 0.15) is 0 Å². The molecule has 0 heterocycles. The van der Waals surface area contributed by atoms with Crippen molar-refractivity contribution in [2.45, 2.75) is 0 Å². The maximum atomic E-state index is 12.1. The van der Waals surface area contributed by atoms with Gasteiger partial charge in [0.2, 0.25) is 0 Å². The third-order valence-electron chi connectivity index (χ3n) is 2.37. The average Bonchev–Trinajstić information content (AvgIpc) is 2.31. The van der Waals surface area contributed by atoms with Gasteiger partial charge in [-0.05, 0) is 52.3 Å². The molecule has 0 radical (unpaired) electrons. The van der Waals surface area contributed by atoms with Gasteiger partial charge in [0.05, 0.1) is 5.69 Å². The third-order valence-corrected chi connectivity index (χ3v) is 3.46. The van der Waals surface area contributed by atoms with Crippen LogP contribution in [-0.4, -0.2) is 5.91 Å². The van der Waals surface area contributed by atoms with Crippen LogP contribution >= 0.6 is 39.1 Å². The molecular weight excluding hydrogens is 351 g/mol. The zero-order valence-corrected chi connectivity index (χ0v) is 12.7. The molecule has 0 aliphatic carbocycles. The molecule has 2 aromatic carbocycles. The van der Waals surface area contributed by atoms with E-state index in [2.05, 4.69) is 21.2 Å². The van der Waals surface area contributed by atoms with Gasteiger partial charge in [-0.25, -0.2) is 0 Å². The zero-order valence-electron chi connectivity index (χ0n) is 9.58. The minimum atomic E-state index is -0.296. The van der Waals surface area contributed by atoms with Crippen molar-refractivity contribution in [1.82, 2.24) is 0 Å². The van der Waals surface area contributed by atoms with E-state index in [0.717, 1.165) is 0 Å². The fourth-order valence-electron chi connectivity index (χ4n) is 1.51. The summed E-state index contributed by atoms with van der Waals surface area (Å²) in [6.45, 7) is 0. The first-order valence-corrected chi connectivity index (χ1v) is 6.83. The standard InChI is InChI=1S/C13H9BrCl2N2O/c14-11-6-10(17)1-2-12(11)18-13(19)7-3-8(15)5-9(16)4-7/h1-6H,17H2,(H,18,19). The lowest BCUT2D eigenvalue weighted by Gasteiger charge is -2.08. The summed E-state index contributed by atoms with van der Waals surface area (Å²) in [5.74, 6) is -0.296. The molecule has 19 heavy (non-hydrogen) atoms. The van der Waals surface area contributed by atoms with E-state index in [1.165, 1.54) is 0 Å². The Hall–Kier alpha value is -1.23. The fourth-order valence-corrected chi connectivity index (χ4v) is 2.53. The number of rotatable bonds is 2. The normalized spacial score (nSPS) is 10.3. The summed E-state index contributed by atoms with van der Waals surface area (Å²) < 4.78 is 0.703. The number of hydrogen-bond acceptors (Lipinski definition) is 2. The fraction of sp³-hybridized carbons (Fsp3) is 0. The number of nitrogen functional groups attached to an aromatic ring is 1. The number of anilines is 2. The molecule has 0 aliphatic heterocycles. The quantitative estimate of drug-likeness (QED) is 0.770. The van der Waals surface area contributed by atoms with Gasteiger partial charge in [-0.3, -0.25) is 4.79 Å². The van der Waals surface area contributed by atoms with E-state index in [-0.39, 0.29) is 5.91 Å². The van der Waals surface area contributed by atoms with Crippen LogP contribution in [0.4, 0.5) is 11.4 Å². The molecule has 0 bridgehead atoms. The van der Waals surface area contributed by atoms with Crippen LogP contribution in [0, 0.1) is 0 Å². The molecular formula is C13H9BrCl2N2O. The lowest BCUT2D eigenvalue weighted by Crippen LogP contribution is -2.12. The Balaban J connectivity index is 2.25. The molecule has 0 unspecified atom stereocenters. The Kier molecular flexibility index (Phi) is 4.34. The minimum Gasteiger partial charge on any atom is -0.399 e. The van der Waals surface area contributed by atoms with Gasteiger partial charge in [-0.15, -0.1) is 0 Å². The summed E-state index contributed by atoms with van der Waals surface area (Å²) in [4.78, 5) is 12.1. The predicted molar refractivity (Wildman–Crippen MR) is 83.0 cm³/mol.